The zero-order valence-electron chi connectivity index (χ0n) is 19.1. The van der Waals surface area contributed by atoms with E-state index in [1.54, 1.807) is 0 Å². The highest BCUT2D eigenvalue weighted by molar-refractivity contribution is 7.21. The van der Waals surface area contributed by atoms with Gasteiger partial charge in [0.1, 0.15) is 21.5 Å². The lowest BCUT2D eigenvalue weighted by atomic mass is 10.1. The van der Waals surface area contributed by atoms with Crippen molar-refractivity contribution in [3.63, 3.8) is 0 Å². The zero-order valence-corrected chi connectivity index (χ0v) is 20.7. The van der Waals surface area contributed by atoms with Crippen LogP contribution in [0.1, 0.15) is 23.0 Å². The number of fused-ring (bicyclic) bond motifs is 3. The van der Waals surface area contributed by atoms with Gasteiger partial charge in [0, 0.05) is 54.3 Å². The van der Waals surface area contributed by atoms with E-state index in [1.165, 1.54) is 11.3 Å². The zero-order chi connectivity index (χ0) is 23.8. The Bertz CT molecular complexity index is 1380. The first-order valence-electron chi connectivity index (χ1n) is 11.3. The highest BCUT2D eigenvalue weighted by Gasteiger charge is 2.20. The first-order valence-corrected chi connectivity index (χ1v) is 12.5. The summed E-state index contributed by atoms with van der Waals surface area (Å²) < 4.78 is 0.991. The molecule has 0 aliphatic carbocycles. The van der Waals surface area contributed by atoms with Gasteiger partial charge in [0.25, 0.3) is 5.91 Å². The number of primary amides is 1. The number of aromatic nitrogens is 3. The molecule has 34 heavy (non-hydrogen) atoms. The van der Waals surface area contributed by atoms with Crippen LogP contribution >= 0.6 is 22.9 Å². The van der Waals surface area contributed by atoms with Gasteiger partial charge in [0.2, 0.25) is 0 Å². The molecule has 176 valence electrons. The Labute approximate surface area is 206 Å². The van der Waals surface area contributed by atoms with E-state index in [2.05, 4.69) is 34.1 Å². The van der Waals surface area contributed by atoms with E-state index in [1.807, 2.05) is 30.3 Å². The Morgan fingerprint density at radius 3 is 2.68 bits per heavy atom. The van der Waals surface area contributed by atoms with Crippen LogP contribution in [0.3, 0.4) is 0 Å². The summed E-state index contributed by atoms with van der Waals surface area (Å²) in [6.45, 7) is 6.56. The lowest BCUT2D eigenvalue weighted by molar-refractivity contribution is 0.100. The summed E-state index contributed by atoms with van der Waals surface area (Å²) in [5, 5.41) is 5.70. The van der Waals surface area contributed by atoms with Gasteiger partial charge < -0.3 is 20.9 Å². The smallest absolute Gasteiger partial charge is 0.260 e. The largest absolute Gasteiger partial charge is 0.383 e. The average molecular weight is 496 g/mol. The number of pyridine rings is 1. The summed E-state index contributed by atoms with van der Waals surface area (Å²) in [7, 11) is 2.12. The molecule has 0 saturated carbocycles. The molecule has 0 atom stereocenters. The van der Waals surface area contributed by atoms with E-state index in [4.69, 9.17) is 27.3 Å². The number of carbonyl (C=O) groups is 1. The molecule has 3 aromatic heterocycles. The second kappa shape index (κ2) is 9.32. The Balaban J connectivity index is 1.58. The van der Waals surface area contributed by atoms with Crippen LogP contribution in [0.25, 0.3) is 32.5 Å². The van der Waals surface area contributed by atoms with Crippen molar-refractivity contribution in [3.8, 4) is 11.5 Å². The van der Waals surface area contributed by atoms with Gasteiger partial charge in [-0.2, -0.15) is 0 Å². The molecule has 0 spiro atoms. The Morgan fingerprint density at radius 2 is 1.94 bits per heavy atom. The lowest BCUT2D eigenvalue weighted by Gasteiger charge is -2.33. The van der Waals surface area contributed by atoms with Gasteiger partial charge >= 0.3 is 0 Å². The molecule has 1 saturated heterocycles. The molecular weight excluding hydrogens is 470 g/mol. The minimum absolute atomic E-state index is 0.395. The fourth-order valence-electron chi connectivity index (χ4n) is 4.24. The standard InChI is InChI=1S/C24H26ClN7OS/c1-3-8-27-21-20-14-4-5-16(28-15(14)6-7-17(20)34-22(21)23(26)33)24-29-18(25)13-19(30-24)32-11-9-31(2)10-12-32/h4-7,13,27H,3,8-12H2,1-2H3,(H2,26,33). The number of anilines is 2. The molecule has 0 unspecified atom stereocenters. The number of hydrogen-bond donors (Lipinski definition) is 2. The van der Waals surface area contributed by atoms with Crippen LogP contribution in [0.15, 0.2) is 30.3 Å². The number of hydrogen-bond acceptors (Lipinski definition) is 8. The first-order chi connectivity index (χ1) is 16.4. The summed E-state index contributed by atoms with van der Waals surface area (Å²) in [6, 6.07) is 9.67. The van der Waals surface area contributed by atoms with Crippen LogP contribution in [0.5, 0.6) is 0 Å². The number of benzene rings is 1. The number of piperazine rings is 1. The van der Waals surface area contributed by atoms with Crippen LogP contribution in [-0.2, 0) is 0 Å². The van der Waals surface area contributed by atoms with Crippen LogP contribution in [0.4, 0.5) is 11.5 Å². The highest BCUT2D eigenvalue weighted by Crippen LogP contribution is 2.40. The molecular formula is C24H26ClN7OS. The van der Waals surface area contributed by atoms with Crippen molar-refractivity contribution >= 4 is 61.3 Å². The Hall–Kier alpha value is -3.01. The normalized spacial score (nSPS) is 14.7. The van der Waals surface area contributed by atoms with Crippen molar-refractivity contribution in [1.29, 1.82) is 0 Å². The number of carbonyl (C=O) groups excluding carboxylic acids is 1. The van der Waals surface area contributed by atoms with Crippen LogP contribution in [-0.4, -0.2) is 65.5 Å². The second-order valence-electron chi connectivity index (χ2n) is 8.46. The minimum Gasteiger partial charge on any atom is -0.383 e. The highest BCUT2D eigenvalue weighted by atomic mass is 35.5. The maximum Gasteiger partial charge on any atom is 0.260 e. The van der Waals surface area contributed by atoms with Gasteiger partial charge in [0.15, 0.2) is 5.82 Å². The van der Waals surface area contributed by atoms with Crippen molar-refractivity contribution in [1.82, 2.24) is 19.9 Å². The molecule has 5 rings (SSSR count). The van der Waals surface area contributed by atoms with Crippen LogP contribution < -0.4 is 16.0 Å². The van der Waals surface area contributed by atoms with Crippen LogP contribution in [0, 0.1) is 0 Å². The van der Waals surface area contributed by atoms with Gasteiger partial charge in [-0.05, 0) is 37.7 Å². The molecule has 4 aromatic rings. The second-order valence-corrected chi connectivity index (χ2v) is 9.90. The molecule has 8 nitrogen and oxygen atoms in total. The molecule has 0 radical (unpaired) electrons. The van der Waals surface area contributed by atoms with Gasteiger partial charge in [-0.15, -0.1) is 11.3 Å². The Morgan fingerprint density at radius 1 is 1.15 bits per heavy atom. The molecule has 0 bridgehead atoms. The predicted molar refractivity (Wildman–Crippen MR) is 140 cm³/mol. The van der Waals surface area contributed by atoms with Crippen molar-refractivity contribution in [3.05, 3.63) is 40.4 Å². The average Bonchev–Trinajstić information content (AvgIpc) is 3.21. The van der Waals surface area contributed by atoms with E-state index in [0.29, 0.717) is 21.5 Å². The van der Waals surface area contributed by atoms with E-state index >= 15 is 0 Å². The minimum atomic E-state index is -0.429. The molecule has 1 fully saturated rings. The van der Waals surface area contributed by atoms with E-state index in [-0.39, 0.29) is 0 Å². The summed E-state index contributed by atoms with van der Waals surface area (Å²) in [5.41, 5.74) is 7.90. The maximum atomic E-state index is 12.1. The third-order valence-corrected chi connectivity index (χ3v) is 7.40. The third kappa shape index (κ3) is 4.26. The summed E-state index contributed by atoms with van der Waals surface area (Å²) >= 11 is 7.78. The van der Waals surface area contributed by atoms with E-state index in [9.17, 15) is 4.79 Å². The predicted octanol–water partition coefficient (Wildman–Crippen LogP) is 4.23. The number of likely N-dealkylation sites (N-methyl/N-ethyl adjacent to an activating group) is 1. The number of halogens is 1. The molecule has 4 heterocycles. The number of nitrogens with zero attached hydrogens (tertiary/aromatic N) is 5. The van der Waals surface area contributed by atoms with E-state index in [0.717, 1.165) is 71.6 Å². The van der Waals surface area contributed by atoms with Crippen molar-refractivity contribution in [2.45, 2.75) is 13.3 Å². The SMILES string of the molecule is CCCNc1c(C(N)=O)sc2ccc3nc(-c4nc(Cl)cc(N5CCN(C)CC5)n4)ccc3c12. The number of rotatable bonds is 6. The van der Waals surface area contributed by atoms with Crippen molar-refractivity contribution in [2.75, 3.05) is 50.0 Å². The summed E-state index contributed by atoms with van der Waals surface area (Å²) in [6.07, 6.45) is 0.935. The molecule has 1 aromatic carbocycles. The van der Waals surface area contributed by atoms with Gasteiger partial charge in [-0.25, -0.2) is 15.0 Å². The van der Waals surface area contributed by atoms with Crippen molar-refractivity contribution < 1.29 is 4.79 Å². The molecule has 1 aliphatic rings. The number of nitrogens with one attached hydrogen (secondary N) is 1. The molecule has 1 amide bonds. The van der Waals surface area contributed by atoms with Gasteiger partial charge in [-0.1, -0.05) is 18.5 Å². The third-order valence-electron chi connectivity index (χ3n) is 6.04. The first kappa shape index (κ1) is 22.8. The topological polar surface area (TPSA) is 100 Å². The van der Waals surface area contributed by atoms with Crippen molar-refractivity contribution in [2.24, 2.45) is 5.73 Å². The molecule has 3 N–H and O–H groups in total. The quantitative estimate of drug-likeness (QED) is 0.386. The van der Waals surface area contributed by atoms with Crippen LogP contribution in [0.2, 0.25) is 5.15 Å². The summed E-state index contributed by atoms with van der Waals surface area (Å²) in [5.74, 6) is 0.882. The van der Waals surface area contributed by atoms with E-state index < -0.39 is 5.91 Å². The van der Waals surface area contributed by atoms with Gasteiger partial charge in [-0.3, -0.25) is 4.79 Å². The number of amides is 1. The molecule has 10 heteroatoms. The lowest BCUT2D eigenvalue weighted by Crippen LogP contribution is -2.44. The fourth-order valence-corrected chi connectivity index (χ4v) is 5.46. The molecule has 1 aliphatic heterocycles. The number of thiophene rings is 1. The van der Waals surface area contributed by atoms with Gasteiger partial charge in [0.05, 0.1) is 11.2 Å². The Kier molecular flexibility index (Phi) is 6.24. The number of nitrogens with two attached hydrogens (primary N) is 1. The monoisotopic (exact) mass is 495 g/mol. The fraction of sp³-hybridized carbons (Fsp3) is 0.333. The summed E-state index contributed by atoms with van der Waals surface area (Å²) in [4.78, 5) is 31.2. The maximum absolute atomic E-state index is 12.1.